The Morgan fingerprint density at radius 2 is 1.86 bits per heavy atom. The molecule has 3 rings (SSSR count). The van der Waals surface area contributed by atoms with E-state index >= 15 is 0 Å². The molecule has 1 heterocycles. The van der Waals surface area contributed by atoms with Crippen LogP contribution >= 0.6 is 0 Å². The second-order valence-electron chi connectivity index (χ2n) is 7.23. The maximum atomic E-state index is 13.0. The molecule has 29 heavy (non-hydrogen) atoms. The van der Waals surface area contributed by atoms with Crippen molar-refractivity contribution in [2.75, 3.05) is 30.1 Å². The average Bonchev–Trinajstić information content (AvgIpc) is 3.08. The molecule has 2 amide bonds. The molecule has 1 saturated heterocycles. The summed E-state index contributed by atoms with van der Waals surface area (Å²) in [5.74, 6) is -0.350. The number of benzene rings is 2. The molecule has 8 heteroatoms. The summed E-state index contributed by atoms with van der Waals surface area (Å²) < 4.78 is 25.2. The monoisotopic (exact) mass is 415 g/mol. The van der Waals surface area contributed by atoms with E-state index < -0.39 is 22.0 Å². The maximum Gasteiger partial charge on any atom is 0.247 e. The largest absolute Gasteiger partial charge is 0.324 e. The van der Waals surface area contributed by atoms with Crippen LogP contribution in [-0.2, 0) is 19.6 Å². The molecule has 1 fully saturated rings. The van der Waals surface area contributed by atoms with Gasteiger partial charge in [0.1, 0.15) is 6.04 Å². The lowest BCUT2D eigenvalue weighted by molar-refractivity contribution is -0.119. The Labute approximate surface area is 171 Å². The van der Waals surface area contributed by atoms with Crippen molar-refractivity contribution in [1.82, 2.24) is 4.31 Å². The number of anilines is 2. The fourth-order valence-electron chi connectivity index (χ4n) is 3.50. The van der Waals surface area contributed by atoms with Crippen LogP contribution in [0.15, 0.2) is 48.5 Å². The summed E-state index contributed by atoms with van der Waals surface area (Å²) in [7, 11) is -2.20. The van der Waals surface area contributed by atoms with Gasteiger partial charge in [-0.1, -0.05) is 30.3 Å². The quantitative estimate of drug-likeness (QED) is 0.786. The van der Waals surface area contributed by atoms with Crippen molar-refractivity contribution in [3.63, 3.8) is 0 Å². The summed E-state index contributed by atoms with van der Waals surface area (Å²) in [6.07, 6.45) is 2.46. The number of carbonyl (C=O) groups excluding carboxylic acids is 2. The fraction of sp³-hybridized carbons (Fsp3) is 0.333. The van der Waals surface area contributed by atoms with Gasteiger partial charge in [0.25, 0.3) is 0 Å². The van der Waals surface area contributed by atoms with E-state index in [4.69, 9.17) is 0 Å². The molecule has 1 aliphatic rings. The SMILES string of the molecule is Cc1cc(NC(=O)[C@H](c2ccccc2)N(C)S(C)(=O)=O)ccc1N1CCCC1=O. The number of likely N-dealkylation sites (N-methyl/N-ethyl adjacent to an activating group) is 1. The van der Waals surface area contributed by atoms with E-state index in [-0.39, 0.29) is 5.91 Å². The number of aryl methyl sites for hydroxylation is 1. The lowest BCUT2D eigenvalue weighted by Gasteiger charge is -2.26. The number of amides is 2. The molecule has 0 unspecified atom stereocenters. The zero-order chi connectivity index (χ0) is 21.2. The number of carbonyl (C=O) groups is 2. The van der Waals surface area contributed by atoms with Gasteiger partial charge in [-0.15, -0.1) is 0 Å². The Morgan fingerprint density at radius 1 is 1.17 bits per heavy atom. The van der Waals surface area contributed by atoms with Gasteiger partial charge in [0.05, 0.1) is 6.26 Å². The highest BCUT2D eigenvalue weighted by atomic mass is 32.2. The molecule has 1 N–H and O–H groups in total. The molecular formula is C21H25N3O4S. The summed E-state index contributed by atoms with van der Waals surface area (Å²) in [6.45, 7) is 2.58. The van der Waals surface area contributed by atoms with Crippen molar-refractivity contribution < 1.29 is 18.0 Å². The molecule has 154 valence electrons. The summed E-state index contributed by atoms with van der Waals surface area (Å²) in [5.41, 5.74) is 2.82. The number of nitrogens with one attached hydrogen (secondary N) is 1. The second kappa shape index (κ2) is 8.34. The van der Waals surface area contributed by atoms with Crippen LogP contribution in [0.4, 0.5) is 11.4 Å². The number of sulfonamides is 1. The van der Waals surface area contributed by atoms with Gasteiger partial charge in [0.2, 0.25) is 21.8 Å². The van der Waals surface area contributed by atoms with Gasteiger partial charge in [-0.05, 0) is 42.7 Å². The van der Waals surface area contributed by atoms with Crippen molar-refractivity contribution in [1.29, 1.82) is 0 Å². The van der Waals surface area contributed by atoms with Crippen LogP contribution in [0.2, 0.25) is 0 Å². The molecule has 0 radical (unpaired) electrons. The van der Waals surface area contributed by atoms with Crippen LogP contribution < -0.4 is 10.2 Å². The highest BCUT2D eigenvalue weighted by Gasteiger charge is 2.31. The van der Waals surface area contributed by atoms with E-state index in [2.05, 4.69) is 5.32 Å². The van der Waals surface area contributed by atoms with E-state index in [0.29, 0.717) is 24.2 Å². The predicted octanol–water partition coefficient (Wildman–Crippen LogP) is 2.69. The minimum atomic E-state index is -3.59. The van der Waals surface area contributed by atoms with Crippen molar-refractivity contribution in [3.05, 3.63) is 59.7 Å². The zero-order valence-electron chi connectivity index (χ0n) is 16.8. The van der Waals surface area contributed by atoms with Crippen LogP contribution in [0.25, 0.3) is 0 Å². The second-order valence-corrected chi connectivity index (χ2v) is 9.27. The van der Waals surface area contributed by atoms with Gasteiger partial charge >= 0.3 is 0 Å². The molecule has 0 saturated carbocycles. The topological polar surface area (TPSA) is 86.8 Å². The summed E-state index contributed by atoms with van der Waals surface area (Å²) >= 11 is 0. The average molecular weight is 416 g/mol. The Hall–Kier alpha value is -2.71. The van der Waals surface area contributed by atoms with E-state index in [9.17, 15) is 18.0 Å². The smallest absolute Gasteiger partial charge is 0.247 e. The van der Waals surface area contributed by atoms with Crippen LogP contribution in [0.5, 0.6) is 0 Å². The van der Waals surface area contributed by atoms with E-state index in [0.717, 1.165) is 28.2 Å². The van der Waals surface area contributed by atoms with Crippen molar-refractivity contribution in [2.24, 2.45) is 0 Å². The van der Waals surface area contributed by atoms with Crippen LogP contribution in [0, 0.1) is 6.92 Å². The fourth-order valence-corrected chi connectivity index (χ4v) is 4.10. The van der Waals surface area contributed by atoms with Crippen molar-refractivity contribution in [3.8, 4) is 0 Å². The molecule has 0 bridgehead atoms. The number of hydrogen-bond donors (Lipinski definition) is 1. The standard InChI is InChI=1S/C21H25N3O4S/c1-15-14-17(11-12-18(15)24-13-7-10-19(24)25)22-21(26)20(23(2)29(3,27)28)16-8-5-4-6-9-16/h4-6,8-9,11-12,14,20H,7,10,13H2,1-3H3,(H,22,26)/t20-/m0/s1. The molecule has 2 aromatic carbocycles. The molecule has 0 aromatic heterocycles. The lowest BCUT2D eigenvalue weighted by atomic mass is 10.1. The first-order chi connectivity index (χ1) is 13.7. The van der Waals surface area contributed by atoms with Gasteiger partial charge in [-0.2, -0.15) is 4.31 Å². The van der Waals surface area contributed by atoms with Gasteiger partial charge in [0.15, 0.2) is 0 Å². The number of rotatable bonds is 6. The van der Waals surface area contributed by atoms with Crippen molar-refractivity contribution >= 4 is 33.2 Å². The first-order valence-corrected chi connectivity index (χ1v) is 11.2. The Bertz CT molecular complexity index is 1020. The molecule has 1 atom stereocenters. The van der Waals surface area contributed by atoms with Crippen LogP contribution in [-0.4, -0.2) is 44.4 Å². The van der Waals surface area contributed by atoms with E-state index in [1.54, 1.807) is 47.4 Å². The van der Waals surface area contributed by atoms with Gasteiger partial charge in [-0.25, -0.2) is 8.42 Å². The first kappa shape index (κ1) is 21.0. The third-order valence-corrected chi connectivity index (χ3v) is 6.34. The van der Waals surface area contributed by atoms with E-state index in [1.807, 2.05) is 13.0 Å². The highest BCUT2D eigenvalue weighted by molar-refractivity contribution is 7.88. The molecule has 0 aliphatic carbocycles. The molecule has 0 spiro atoms. The highest BCUT2D eigenvalue weighted by Crippen LogP contribution is 2.29. The summed E-state index contributed by atoms with van der Waals surface area (Å²) in [6, 6.07) is 13.1. The van der Waals surface area contributed by atoms with E-state index in [1.165, 1.54) is 7.05 Å². The third kappa shape index (κ3) is 4.65. The number of nitrogens with zero attached hydrogens (tertiary/aromatic N) is 2. The predicted molar refractivity (Wildman–Crippen MR) is 113 cm³/mol. The first-order valence-electron chi connectivity index (χ1n) is 9.38. The third-order valence-electron chi connectivity index (χ3n) is 5.08. The Morgan fingerprint density at radius 3 is 2.41 bits per heavy atom. The summed E-state index contributed by atoms with van der Waals surface area (Å²) in [5, 5.41) is 2.81. The van der Waals surface area contributed by atoms with Gasteiger partial charge in [0, 0.05) is 31.4 Å². The molecule has 1 aliphatic heterocycles. The van der Waals surface area contributed by atoms with Crippen LogP contribution in [0.3, 0.4) is 0 Å². The zero-order valence-corrected chi connectivity index (χ0v) is 17.6. The van der Waals surface area contributed by atoms with Crippen molar-refractivity contribution in [2.45, 2.75) is 25.8 Å². The van der Waals surface area contributed by atoms with Gasteiger partial charge < -0.3 is 10.2 Å². The van der Waals surface area contributed by atoms with Gasteiger partial charge in [-0.3, -0.25) is 9.59 Å². The Balaban J connectivity index is 1.86. The Kier molecular flexibility index (Phi) is 6.04. The maximum absolute atomic E-state index is 13.0. The minimum Gasteiger partial charge on any atom is -0.324 e. The lowest BCUT2D eigenvalue weighted by Crippen LogP contribution is -2.38. The summed E-state index contributed by atoms with van der Waals surface area (Å²) in [4.78, 5) is 26.8. The minimum absolute atomic E-state index is 0.101. The molecule has 2 aromatic rings. The van der Waals surface area contributed by atoms with Crippen LogP contribution in [0.1, 0.15) is 30.0 Å². The molecular weight excluding hydrogens is 390 g/mol. The molecule has 7 nitrogen and oxygen atoms in total. The number of hydrogen-bond acceptors (Lipinski definition) is 4. The normalized spacial score (nSPS) is 15.6.